The first-order valence-electron chi connectivity index (χ1n) is 7.78. The standard InChI is InChI=1S/C19H16N2O4S/c1-11(22)12-4-6-13(7-5-12)17(23)20-19-21(2)15-9-8-14(18(24)25-3)10-16(15)26-19/h4-10H,1-3H3. The summed E-state index contributed by atoms with van der Waals surface area (Å²) in [6.45, 7) is 1.47. The summed E-state index contributed by atoms with van der Waals surface area (Å²) in [7, 11) is 3.14. The van der Waals surface area contributed by atoms with Crippen LogP contribution >= 0.6 is 11.3 Å². The predicted octanol–water partition coefficient (Wildman–Crippen LogP) is 2.97. The lowest BCUT2D eigenvalue weighted by Crippen LogP contribution is -2.13. The van der Waals surface area contributed by atoms with E-state index in [-0.39, 0.29) is 5.78 Å². The van der Waals surface area contributed by atoms with Gasteiger partial charge < -0.3 is 9.30 Å². The molecule has 1 aromatic heterocycles. The Bertz CT molecular complexity index is 1090. The minimum atomic E-state index is -0.414. The van der Waals surface area contributed by atoms with Crippen LogP contribution in [0.5, 0.6) is 0 Å². The summed E-state index contributed by atoms with van der Waals surface area (Å²) in [5.41, 5.74) is 2.26. The molecular formula is C19H16N2O4S. The topological polar surface area (TPSA) is 77.7 Å². The number of aromatic nitrogens is 1. The van der Waals surface area contributed by atoms with E-state index in [2.05, 4.69) is 4.99 Å². The van der Waals surface area contributed by atoms with Crippen molar-refractivity contribution in [1.82, 2.24) is 4.57 Å². The number of hydrogen-bond donors (Lipinski definition) is 0. The Labute approximate surface area is 153 Å². The molecule has 0 N–H and O–H groups in total. The number of fused-ring (bicyclic) bond motifs is 1. The molecule has 0 fully saturated rings. The third kappa shape index (κ3) is 3.34. The second kappa shape index (κ2) is 7.05. The van der Waals surface area contributed by atoms with Crippen molar-refractivity contribution in [3.8, 4) is 0 Å². The molecular weight excluding hydrogens is 352 g/mol. The average molecular weight is 368 g/mol. The van der Waals surface area contributed by atoms with Gasteiger partial charge in [-0.1, -0.05) is 23.5 Å². The van der Waals surface area contributed by atoms with Gasteiger partial charge in [-0.05, 0) is 37.3 Å². The SMILES string of the molecule is COC(=O)c1ccc2c(c1)sc(=NC(=O)c1ccc(C(C)=O)cc1)n2C. The number of benzene rings is 2. The van der Waals surface area contributed by atoms with Crippen molar-refractivity contribution in [3.05, 3.63) is 64.0 Å². The molecule has 0 radical (unpaired) electrons. The maximum atomic E-state index is 12.4. The molecule has 0 aliphatic rings. The summed E-state index contributed by atoms with van der Waals surface area (Å²) < 4.78 is 7.35. The van der Waals surface area contributed by atoms with E-state index in [0.717, 1.165) is 10.2 Å². The van der Waals surface area contributed by atoms with Crippen molar-refractivity contribution in [2.45, 2.75) is 6.92 Å². The smallest absolute Gasteiger partial charge is 0.337 e. The van der Waals surface area contributed by atoms with Gasteiger partial charge in [0.05, 0.1) is 22.9 Å². The van der Waals surface area contributed by atoms with Crippen LogP contribution in [0.25, 0.3) is 10.2 Å². The van der Waals surface area contributed by atoms with E-state index in [9.17, 15) is 14.4 Å². The first kappa shape index (κ1) is 17.8. The lowest BCUT2D eigenvalue weighted by atomic mass is 10.1. The summed E-state index contributed by atoms with van der Waals surface area (Å²) >= 11 is 1.31. The molecule has 1 heterocycles. The number of ketones is 1. The second-order valence-corrected chi connectivity index (χ2v) is 6.68. The van der Waals surface area contributed by atoms with Crippen LogP contribution in [0.3, 0.4) is 0 Å². The summed E-state index contributed by atoms with van der Waals surface area (Å²) in [5, 5.41) is 0. The number of hydrogen-bond acceptors (Lipinski definition) is 5. The van der Waals surface area contributed by atoms with Gasteiger partial charge in [-0.3, -0.25) is 9.59 Å². The van der Waals surface area contributed by atoms with Crippen molar-refractivity contribution in [2.75, 3.05) is 7.11 Å². The fourth-order valence-electron chi connectivity index (χ4n) is 2.48. The number of methoxy groups -OCH3 is 1. The van der Waals surface area contributed by atoms with Gasteiger partial charge in [0.2, 0.25) is 0 Å². The number of carbonyl (C=O) groups excluding carboxylic acids is 3. The maximum absolute atomic E-state index is 12.4. The van der Waals surface area contributed by atoms with Crippen LogP contribution in [0.15, 0.2) is 47.5 Å². The van der Waals surface area contributed by atoms with Gasteiger partial charge in [0.1, 0.15) is 0 Å². The fraction of sp³-hybridized carbons (Fsp3) is 0.158. The molecule has 6 nitrogen and oxygen atoms in total. The highest BCUT2D eigenvalue weighted by Crippen LogP contribution is 2.19. The average Bonchev–Trinajstić information content (AvgIpc) is 2.96. The van der Waals surface area contributed by atoms with Crippen LogP contribution in [0.4, 0.5) is 0 Å². The number of Topliss-reactive ketones (excluding diaryl/α,β-unsaturated/α-hetero) is 1. The Morgan fingerprint density at radius 3 is 2.23 bits per heavy atom. The Morgan fingerprint density at radius 2 is 1.62 bits per heavy atom. The molecule has 3 aromatic rings. The van der Waals surface area contributed by atoms with E-state index in [1.807, 2.05) is 7.05 Å². The summed E-state index contributed by atoms with van der Waals surface area (Å²) in [4.78, 5) is 40.1. The third-order valence-electron chi connectivity index (χ3n) is 3.97. The van der Waals surface area contributed by atoms with Crippen LogP contribution in [0, 0.1) is 0 Å². The fourth-order valence-corrected chi connectivity index (χ4v) is 3.54. The lowest BCUT2D eigenvalue weighted by molar-refractivity contribution is 0.0600. The number of aryl methyl sites for hydroxylation is 1. The molecule has 3 rings (SSSR count). The number of rotatable bonds is 3. The number of carbonyl (C=O) groups is 3. The van der Waals surface area contributed by atoms with Crippen molar-refractivity contribution in [1.29, 1.82) is 0 Å². The van der Waals surface area contributed by atoms with Crippen molar-refractivity contribution < 1.29 is 19.1 Å². The molecule has 26 heavy (non-hydrogen) atoms. The monoisotopic (exact) mass is 368 g/mol. The van der Waals surface area contributed by atoms with Crippen LogP contribution < -0.4 is 4.80 Å². The zero-order valence-corrected chi connectivity index (χ0v) is 15.3. The van der Waals surface area contributed by atoms with Gasteiger partial charge in [-0.15, -0.1) is 0 Å². The molecule has 0 atom stereocenters. The van der Waals surface area contributed by atoms with Crippen molar-refractivity contribution in [3.63, 3.8) is 0 Å². The largest absolute Gasteiger partial charge is 0.465 e. The number of amides is 1. The van der Waals surface area contributed by atoms with E-state index in [0.29, 0.717) is 21.5 Å². The molecule has 0 aliphatic carbocycles. The molecule has 2 aromatic carbocycles. The first-order valence-corrected chi connectivity index (χ1v) is 8.60. The van der Waals surface area contributed by atoms with E-state index in [1.54, 1.807) is 47.0 Å². The molecule has 0 unspecified atom stereocenters. The minimum Gasteiger partial charge on any atom is -0.465 e. The predicted molar refractivity (Wildman–Crippen MR) is 98.5 cm³/mol. The van der Waals surface area contributed by atoms with Gasteiger partial charge in [0.15, 0.2) is 10.6 Å². The molecule has 132 valence electrons. The van der Waals surface area contributed by atoms with E-state index >= 15 is 0 Å². The summed E-state index contributed by atoms with van der Waals surface area (Å²) in [6, 6.07) is 11.6. The highest BCUT2D eigenvalue weighted by atomic mass is 32.1. The molecule has 7 heteroatoms. The van der Waals surface area contributed by atoms with Gasteiger partial charge in [0.25, 0.3) is 5.91 Å². The van der Waals surface area contributed by atoms with Crippen molar-refractivity contribution >= 4 is 39.2 Å². The van der Waals surface area contributed by atoms with Crippen molar-refractivity contribution in [2.24, 2.45) is 12.0 Å². The third-order valence-corrected chi connectivity index (χ3v) is 5.06. The van der Waals surface area contributed by atoms with Gasteiger partial charge in [0, 0.05) is 18.2 Å². The summed E-state index contributed by atoms with van der Waals surface area (Å²) in [6.07, 6.45) is 0. The molecule has 1 amide bonds. The lowest BCUT2D eigenvalue weighted by Gasteiger charge is -2.00. The Hall–Kier alpha value is -3.06. The number of thiazole rings is 1. The normalized spacial score (nSPS) is 11.6. The van der Waals surface area contributed by atoms with Gasteiger partial charge in [-0.25, -0.2) is 4.79 Å². The van der Waals surface area contributed by atoms with Crippen LogP contribution in [-0.2, 0) is 11.8 Å². The summed E-state index contributed by atoms with van der Waals surface area (Å²) in [5.74, 6) is -0.864. The Kier molecular flexibility index (Phi) is 4.81. The highest BCUT2D eigenvalue weighted by Gasteiger charge is 2.11. The zero-order chi connectivity index (χ0) is 18.8. The maximum Gasteiger partial charge on any atom is 0.337 e. The van der Waals surface area contributed by atoms with Gasteiger partial charge in [-0.2, -0.15) is 4.99 Å². The highest BCUT2D eigenvalue weighted by molar-refractivity contribution is 7.16. The van der Waals surface area contributed by atoms with E-state index < -0.39 is 11.9 Å². The van der Waals surface area contributed by atoms with E-state index in [4.69, 9.17) is 4.74 Å². The molecule has 0 spiro atoms. The Morgan fingerprint density at radius 1 is 1.00 bits per heavy atom. The first-order chi connectivity index (χ1) is 12.4. The molecule has 0 saturated heterocycles. The Balaban J connectivity index is 2.00. The molecule has 0 bridgehead atoms. The van der Waals surface area contributed by atoms with Gasteiger partial charge >= 0.3 is 5.97 Å². The zero-order valence-electron chi connectivity index (χ0n) is 14.5. The minimum absolute atomic E-state index is 0.0572. The number of esters is 1. The molecule has 0 saturated carbocycles. The number of nitrogens with zero attached hydrogens (tertiary/aromatic N) is 2. The van der Waals surface area contributed by atoms with E-state index in [1.165, 1.54) is 25.4 Å². The molecule has 0 aliphatic heterocycles. The quantitative estimate of drug-likeness (QED) is 0.526. The second-order valence-electron chi connectivity index (χ2n) is 5.67. The number of ether oxygens (including phenoxy) is 1. The van der Waals surface area contributed by atoms with Crippen LogP contribution in [0.1, 0.15) is 38.0 Å². The van der Waals surface area contributed by atoms with Crippen LogP contribution in [-0.4, -0.2) is 29.3 Å². The van der Waals surface area contributed by atoms with Crippen LogP contribution in [0.2, 0.25) is 0 Å².